The van der Waals surface area contributed by atoms with Crippen molar-refractivity contribution in [3.8, 4) is 0 Å². The van der Waals surface area contributed by atoms with Crippen LogP contribution in [-0.4, -0.2) is 40.9 Å². The number of hydrogen-bond acceptors (Lipinski definition) is 4. The van der Waals surface area contributed by atoms with Crippen LogP contribution in [0.2, 0.25) is 0 Å². The summed E-state index contributed by atoms with van der Waals surface area (Å²) in [6, 6.07) is 0. The van der Waals surface area contributed by atoms with Gasteiger partial charge in [0.2, 0.25) is 0 Å². The van der Waals surface area contributed by atoms with Crippen LogP contribution in [0.15, 0.2) is 0 Å². The smallest absolute Gasteiger partial charge is 0.163 e. The zero-order valence-corrected chi connectivity index (χ0v) is 8.36. The van der Waals surface area contributed by atoms with Crippen LogP contribution < -0.4 is 0 Å². The molecule has 0 aromatic carbocycles. The minimum Gasteiger partial charge on any atom is -0.393 e. The van der Waals surface area contributed by atoms with Crippen molar-refractivity contribution in [1.82, 2.24) is 0 Å². The molecule has 1 aliphatic heterocycles. The molecule has 1 saturated heterocycles. The van der Waals surface area contributed by atoms with Crippen LogP contribution in [0.25, 0.3) is 0 Å². The van der Waals surface area contributed by atoms with Crippen molar-refractivity contribution in [3.63, 3.8) is 0 Å². The monoisotopic (exact) mass is 190 g/mol. The molecule has 0 aromatic heterocycles. The van der Waals surface area contributed by atoms with Gasteiger partial charge in [-0.3, -0.25) is 0 Å². The average molecular weight is 190 g/mol. The fourth-order valence-corrected chi connectivity index (χ4v) is 1.41. The maximum Gasteiger partial charge on any atom is 0.163 e. The van der Waals surface area contributed by atoms with Crippen molar-refractivity contribution in [2.75, 3.05) is 6.61 Å². The lowest BCUT2D eigenvalue weighted by atomic mass is 10.1. The summed E-state index contributed by atoms with van der Waals surface area (Å²) in [6.07, 6.45) is -1.15. The molecule has 0 aromatic rings. The predicted molar refractivity (Wildman–Crippen MR) is 47.2 cm³/mol. The summed E-state index contributed by atoms with van der Waals surface area (Å²) < 4.78 is 10.7. The number of hydrogen-bond donors (Lipinski definition) is 2. The highest BCUT2D eigenvalue weighted by Crippen LogP contribution is 2.25. The highest BCUT2D eigenvalue weighted by molar-refractivity contribution is 4.78. The molecule has 0 unspecified atom stereocenters. The molecule has 1 heterocycles. The molecule has 0 amide bonds. The molecule has 0 bridgehead atoms. The van der Waals surface area contributed by atoms with Gasteiger partial charge in [-0.2, -0.15) is 0 Å². The maximum atomic E-state index is 9.59. The molecule has 0 aliphatic carbocycles. The molecule has 0 radical (unpaired) electrons. The van der Waals surface area contributed by atoms with Crippen LogP contribution >= 0.6 is 0 Å². The molecule has 13 heavy (non-hydrogen) atoms. The third kappa shape index (κ3) is 3.23. The van der Waals surface area contributed by atoms with E-state index in [0.29, 0.717) is 13.0 Å². The van der Waals surface area contributed by atoms with Crippen LogP contribution in [-0.2, 0) is 9.47 Å². The van der Waals surface area contributed by atoms with Crippen LogP contribution in [0, 0.1) is 0 Å². The fourth-order valence-electron chi connectivity index (χ4n) is 1.41. The quantitative estimate of drug-likeness (QED) is 0.670. The summed E-state index contributed by atoms with van der Waals surface area (Å²) in [4.78, 5) is 0. The zero-order valence-electron chi connectivity index (χ0n) is 8.36. The Kier molecular flexibility index (Phi) is 3.29. The van der Waals surface area contributed by atoms with Gasteiger partial charge < -0.3 is 19.7 Å². The standard InChI is InChI=1S/C9H18O4/c1-6(10)4-7(11)8-5-12-9(2,3)13-8/h6-8,10-11H,4-5H2,1-3H3/t6-,7+,8-/m1/s1. The molecule has 3 atom stereocenters. The predicted octanol–water partition coefficient (Wildman–Crippen LogP) is 0.270. The largest absolute Gasteiger partial charge is 0.393 e. The van der Waals surface area contributed by atoms with Gasteiger partial charge in [0, 0.05) is 6.42 Å². The van der Waals surface area contributed by atoms with Crippen molar-refractivity contribution < 1.29 is 19.7 Å². The Labute approximate surface area is 78.5 Å². The topological polar surface area (TPSA) is 58.9 Å². The third-order valence-electron chi connectivity index (χ3n) is 2.04. The summed E-state index contributed by atoms with van der Waals surface area (Å²) in [5.74, 6) is -0.607. The normalized spacial score (nSPS) is 31.6. The molecule has 4 heteroatoms. The molecule has 1 aliphatic rings. The number of aliphatic hydroxyl groups excluding tert-OH is 2. The summed E-state index contributed by atoms with van der Waals surface area (Å²) >= 11 is 0. The highest BCUT2D eigenvalue weighted by Gasteiger charge is 2.36. The van der Waals surface area contributed by atoms with Crippen molar-refractivity contribution in [2.45, 2.75) is 51.3 Å². The summed E-state index contributed by atoms with van der Waals surface area (Å²) in [5, 5.41) is 18.6. The van der Waals surface area contributed by atoms with Gasteiger partial charge in [0.1, 0.15) is 6.10 Å². The molecule has 78 valence electrons. The molecule has 1 rings (SSSR count). The van der Waals surface area contributed by atoms with E-state index in [1.54, 1.807) is 6.92 Å². The van der Waals surface area contributed by atoms with E-state index in [-0.39, 0.29) is 6.10 Å². The first-order chi connectivity index (χ1) is 5.91. The van der Waals surface area contributed by atoms with Crippen molar-refractivity contribution >= 4 is 0 Å². The SMILES string of the molecule is C[C@@H](O)C[C@H](O)[C@H]1COC(C)(C)O1. The van der Waals surface area contributed by atoms with Gasteiger partial charge in [-0.15, -0.1) is 0 Å². The zero-order chi connectivity index (χ0) is 10.1. The number of rotatable bonds is 3. The van der Waals surface area contributed by atoms with Gasteiger partial charge in [-0.25, -0.2) is 0 Å². The Hall–Kier alpha value is -0.160. The third-order valence-corrected chi connectivity index (χ3v) is 2.04. The summed E-state index contributed by atoms with van der Waals surface area (Å²) in [5.41, 5.74) is 0. The van der Waals surface area contributed by atoms with Crippen LogP contribution in [0.4, 0.5) is 0 Å². The second kappa shape index (κ2) is 3.92. The van der Waals surface area contributed by atoms with Gasteiger partial charge in [0.15, 0.2) is 5.79 Å². The molecule has 0 spiro atoms. The average Bonchev–Trinajstić information content (AvgIpc) is 2.28. The van der Waals surface area contributed by atoms with Crippen LogP contribution in [0.5, 0.6) is 0 Å². The van der Waals surface area contributed by atoms with Crippen molar-refractivity contribution in [3.05, 3.63) is 0 Å². The lowest BCUT2D eigenvalue weighted by Gasteiger charge is -2.21. The van der Waals surface area contributed by atoms with E-state index < -0.39 is 18.0 Å². The van der Waals surface area contributed by atoms with Crippen molar-refractivity contribution in [1.29, 1.82) is 0 Å². The number of ether oxygens (including phenoxy) is 2. The Morgan fingerprint density at radius 1 is 1.46 bits per heavy atom. The summed E-state index contributed by atoms with van der Waals surface area (Å²) in [7, 11) is 0. The second-order valence-corrected chi connectivity index (χ2v) is 4.02. The van der Waals surface area contributed by atoms with E-state index in [1.165, 1.54) is 0 Å². The van der Waals surface area contributed by atoms with E-state index in [0.717, 1.165) is 0 Å². The second-order valence-electron chi connectivity index (χ2n) is 4.02. The highest BCUT2D eigenvalue weighted by atomic mass is 16.7. The Bertz CT molecular complexity index is 167. The molecule has 4 nitrogen and oxygen atoms in total. The minimum absolute atomic E-state index is 0.315. The lowest BCUT2D eigenvalue weighted by molar-refractivity contribution is -0.153. The van der Waals surface area contributed by atoms with Gasteiger partial charge in [-0.05, 0) is 20.8 Å². The van der Waals surface area contributed by atoms with E-state index in [2.05, 4.69) is 0 Å². The van der Waals surface area contributed by atoms with Gasteiger partial charge in [-0.1, -0.05) is 0 Å². The van der Waals surface area contributed by atoms with E-state index in [9.17, 15) is 5.11 Å². The molecule has 2 N–H and O–H groups in total. The van der Waals surface area contributed by atoms with Gasteiger partial charge in [0.05, 0.1) is 18.8 Å². The minimum atomic E-state index is -0.651. The first kappa shape index (κ1) is 10.9. The molecular weight excluding hydrogens is 172 g/mol. The van der Waals surface area contributed by atoms with Crippen LogP contribution in [0.3, 0.4) is 0 Å². The van der Waals surface area contributed by atoms with Crippen molar-refractivity contribution in [2.24, 2.45) is 0 Å². The Balaban J connectivity index is 2.37. The summed E-state index contributed by atoms with van der Waals surface area (Å²) in [6.45, 7) is 5.65. The maximum absolute atomic E-state index is 9.59. The van der Waals surface area contributed by atoms with E-state index in [1.807, 2.05) is 13.8 Å². The first-order valence-electron chi connectivity index (χ1n) is 4.58. The van der Waals surface area contributed by atoms with E-state index >= 15 is 0 Å². The number of aliphatic hydroxyl groups is 2. The molecule has 0 saturated carbocycles. The Morgan fingerprint density at radius 3 is 2.46 bits per heavy atom. The lowest BCUT2D eigenvalue weighted by Crippen LogP contribution is -2.32. The first-order valence-corrected chi connectivity index (χ1v) is 4.58. The molecular formula is C9H18O4. The van der Waals surface area contributed by atoms with Gasteiger partial charge in [0.25, 0.3) is 0 Å². The van der Waals surface area contributed by atoms with Gasteiger partial charge >= 0.3 is 0 Å². The molecule has 1 fully saturated rings. The Morgan fingerprint density at radius 2 is 2.08 bits per heavy atom. The van der Waals surface area contributed by atoms with Crippen LogP contribution in [0.1, 0.15) is 27.2 Å². The van der Waals surface area contributed by atoms with E-state index in [4.69, 9.17) is 14.6 Å². The fraction of sp³-hybridized carbons (Fsp3) is 1.00.